The Morgan fingerprint density at radius 2 is 2.40 bits per heavy atom. The van der Waals surface area contributed by atoms with Gasteiger partial charge < -0.3 is 14.4 Å². The molecule has 2 heterocycles. The van der Waals surface area contributed by atoms with Crippen molar-refractivity contribution in [3.8, 4) is 0 Å². The maximum Gasteiger partial charge on any atom is 0.329 e. The van der Waals surface area contributed by atoms with E-state index >= 15 is 0 Å². The van der Waals surface area contributed by atoms with E-state index in [1.54, 1.807) is 16.7 Å². The third-order valence-corrected chi connectivity index (χ3v) is 2.54. The van der Waals surface area contributed by atoms with Crippen LogP contribution in [-0.2, 0) is 16.1 Å². The van der Waals surface area contributed by atoms with Crippen molar-refractivity contribution in [3.63, 3.8) is 0 Å². The molecule has 1 atom stereocenters. The Morgan fingerprint density at radius 3 is 2.93 bits per heavy atom. The van der Waals surface area contributed by atoms with Gasteiger partial charge in [0.1, 0.15) is 6.04 Å². The average molecular weight is 209 g/mol. The SMILES string of the molecule is O=Cc1ccc(CO)n1C1CCOC1=O. The van der Waals surface area contributed by atoms with E-state index in [-0.39, 0.29) is 12.6 Å². The zero-order valence-corrected chi connectivity index (χ0v) is 8.05. The van der Waals surface area contributed by atoms with Crippen molar-refractivity contribution >= 4 is 12.3 Å². The summed E-state index contributed by atoms with van der Waals surface area (Å²) in [5.74, 6) is -0.344. The number of rotatable bonds is 3. The minimum absolute atomic E-state index is 0.197. The Morgan fingerprint density at radius 1 is 1.60 bits per heavy atom. The normalized spacial score (nSPS) is 20.3. The minimum Gasteiger partial charge on any atom is -0.464 e. The van der Waals surface area contributed by atoms with Crippen molar-refractivity contribution in [2.45, 2.75) is 19.1 Å². The first-order chi connectivity index (χ1) is 7.27. The number of carbonyl (C=O) groups excluding carboxylic acids is 2. The van der Waals surface area contributed by atoms with E-state index in [2.05, 4.69) is 0 Å². The lowest BCUT2D eigenvalue weighted by molar-refractivity contribution is -0.140. The first-order valence-corrected chi connectivity index (χ1v) is 4.70. The molecule has 0 amide bonds. The number of hydrogen-bond acceptors (Lipinski definition) is 4. The first kappa shape index (κ1) is 9.92. The summed E-state index contributed by atoms with van der Waals surface area (Å²) in [5, 5.41) is 9.09. The van der Waals surface area contributed by atoms with Crippen LogP contribution in [0.25, 0.3) is 0 Å². The summed E-state index contributed by atoms with van der Waals surface area (Å²) < 4.78 is 6.37. The predicted molar refractivity (Wildman–Crippen MR) is 50.4 cm³/mol. The lowest BCUT2D eigenvalue weighted by Crippen LogP contribution is -2.18. The van der Waals surface area contributed by atoms with Gasteiger partial charge in [-0.2, -0.15) is 0 Å². The van der Waals surface area contributed by atoms with Crippen LogP contribution in [0, 0.1) is 0 Å². The number of hydrogen-bond donors (Lipinski definition) is 1. The number of aliphatic hydroxyl groups is 1. The van der Waals surface area contributed by atoms with Crippen LogP contribution in [-0.4, -0.2) is 28.5 Å². The lowest BCUT2D eigenvalue weighted by Gasteiger charge is -2.13. The highest BCUT2D eigenvalue weighted by atomic mass is 16.5. The van der Waals surface area contributed by atoms with Crippen LogP contribution >= 0.6 is 0 Å². The van der Waals surface area contributed by atoms with Gasteiger partial charge in [-0.05, 0) is 12.1 Å². The van der Waals surface area contributed by atoms with Gasteiger partial charge in [0, 0.05) is 12.1 Å². The summed E-state index contributed by atoms with van der Waals surface area (Å²) in [6, 6.07) is 2.75. The summed E-state index contributed by atoms with van der Waals surface area (Å²) in [7, 11) is 0. The number of aldehydes is 1. The molecule has 0 radical (unpaired) electrons. The van der Waals surface area contributed by atoms with Crippen molar-refractivity contribution in [2.75, 3.05) is 6.61 Å². The third kappa shape index (κ3) is 1.55. The van der Waals surface area contributed by atoms with Crippen LogP contribution in [0.2, 0.25) is 0 Å². The number of nitrogens with zero attached hydrogens (tertiary/aromatic N) is 1. The molecule has 5 heteroatoms. The number of cyclic esters (lactones) is 1. The predicted octanol–water partition coefficient (Wildman–Crippen LogP) is 0.281. The highest BCUT2D eigenvalue weighted by Gasteiger charge is 2.30. The number of carbonyl (C=O) groups is 2. The largest absolute Gasteiger partial charge is 0.464 e. The number of aromatic nitrogens is 1. The van der Waals surface area contributed by atoms with Gasteiger partial charge in [0.15, 0.2) is 6.29 Å². The fraction of sp³-hybridized carbons (Fsp3) is 0.400. The van der Waals surface area contributed by atoms with Gasteiger partial charge in [0.2, 0.25) is 0 Å². The molecule has 0 aromatic carbocycles. The van der Waals surface area contributed by atoms with E-state index < -0.39 is 6.04 Å². The summed E-state index contributed by atoms with van der Waals surface area (Å²) in [6.45, 7) is 0.169. The molecule has 5 nitrogen and oxygen atoms in total. The number of ether oxygens (including phenoxy) is 1. The standard InChI is InChI=1S/C10H11NO4/c12-5-7-1-2-8(6-13)11(7)9-3-4-15-10(9)14/h1-2,5,9,13H,3-4,6H2. The quantitative estimate of drug-likeness (QED) is 0.573. The molecular formula is C10H11NO4. The van der Waals surface area contributed by atoms with Crippen molar-refractivity contribution in [3.05, 3.63) is 23.5 Å². The van der Waals surface area contributed by atoms with Crippen molar-refractivity contribution in [2.24, 2.45) is 0 Å². The third-order valence-electron chi connectivity index (χ3n) is 2.54. The molecule has 1 N–H and O–H groups in total. The number of esters is 1. The van der Waals surface area contributed by atoms with Gasteiger partial charge in [-0.3, -0.25) is 4.79 Å². The fourth-order valence-corrected chi connectivity index (χ4v) is 1.83. The molecule has 0 saturated carbocycles. The van der Waals surface area contributed by atoms with E-state index in [0.717, 1.165) is 0 Å². The van der Waals surface area contributed by atoms with Gasteiger partial charge in [0.05, 0.1) is 18.9 Å². The Hall–Kier alpha value is -1.62. The van der Waals surface area contributed by atoms with Gasteiger partial charge in [0.25, 0.3) is 0 Å². The zero-order chi connectivity index (χ0) is 10.8. The van der Waals surface area contributed by atoms with E-state index in [9.17, 15) is 9.59 Å². The van der Waals surface area contributed by atoms with Crippen LogP contribution in [0.4, 0.5) is 0 Å². The van der Waals surface area contributed by atoms with E-state index in [0.29, 0.717) is 30.7 Å². The molecule has 1 aromatic heterocycles. The van der Waals surface area contributed by atoms with Crippen molar-refractivity contribution < 1.29 is 19.4 Å². The molecule has 2 rings (SSSR count). The topological polar surface area (TPSA) is 68.5 Å². The Labute approximate surface area is 86.3 Å². The molecular weight excluding hydrogens is 198 g/mol. The van der Waals surface area contributed by atoms with Gasteiger partial charge in [-0.25, -0.2) is 4.79 Å². The molecule has 0 spiro atoms. The Kier molecular flexibility index (Phi) is 2.55. The average Bonchev–Trinajstić information content (AvgIpc) is 2.82. The fourth-order valence-electron chi connectivity index (χ4n) is 1.83. The zero-order valence-electron chi connectivity index (χ0n) is 8.05. The molecule has 80 valence electrons. The van der Waals surface area contributed by atoms with Crippen LogP contribution in [0.1, 0.15) is 28.6 Å². The monoisotopic (exact) mass is 209 g/mol. The summed E-state index contributed by atoms with van der Waals surface area (Å²) in [5.41, 5.74) is 0.948. The highest BCUT2D eigenvalue weighted by molar-refractivity contribution is 5.79. The molecule has 1 aliphatic heterocycles. The second kappa shape index (κ2) is 3.86. The van der Waals surface area contributed by atoms with Crippen LogP contribution < -0.4 is 0 Å². The van der Waals surface area contributed by atoms with E-state index in [1.807, 2.05) is 0 Å². The van der Waals surface area contributed by atoms with Gasteiger partial charge in [-0.1, -0.05) is 0 Å². The smallest absolute Gasteiger partial charge is 0.329 e. The van der Waals surface area contributed by atoms with Crippen LogP contribution in [0.15, 0.2) is 12.1 Å². The molecule has 1 aromatic rings. The van der Waals surface area contributed by atoms with Crippen molar-refractivity contribution in [1.82, 2.24) is 4.57 Å². The van der Waals surface area contributed by atoms with E-state index in [1.165, 1.54) is 0 Å². The Bertz CT molecular complexity index is 396. The molecule has 0 aliphatic carbocycles. The summed E-state index contributed by atoms with van der Waals surface area (Å²) >= 11 is 0. The maximum absolute atomic E-state index is 11.4. The molecule has 1 unspecified atom stereocenters. The van der Waals surface area contributed by atoms with E-state index in [4.69, 9.17) is 9.84 Å². The molecule has 0 bridgehead atoms. The van der Waals surface area contributed by atoms with Gasteiger partial charge in [-0.15, -0.1) is 0 Å². The minimum atomic E-state index is -0.470. The van der Waals surface area contributed by atoms with Gasteiger partial charge >= 0.3 is 5.97 Å². The first-order valence-electron chi connectivity index (χ1n) is 4.70. The summed E-state index contributed by atoms with van der Waals surface area (Å²) in [6.07, 6.45) is 1.21. The van der Waals surface area contributed by atoms with Crippen LogP contribution in [0.5, 0.6) is 0 Å². The molecule has 15 heavy (non-hydrogen) atoms. The molecule has 1 fully saturated rings. The second-order valence-corrected chi connectivity index (χ2v) is 3.37. The summed E-state index contributed by atoms with van der Waals surface area (Å²) in [4.78, 5) is 22.1. The number of aliphatic hydroxyl groups excluding tert-OH is 1. The Balaban J connectivity index is 2.43. The molecule has 1 saturated heterocycles. The highest BCUT2D eigenvalue weighted by Crippen LogP contribution is 2.24. The molecule has 1 aliphatic rings. The maximum atomic E-state index is 11.4. The second-order valence-electron chi connectivity index (χ2n) is 3.37. The van der Waals surface area contributed by atoms with Crippen LogP contribution in [0.3, 0.4) is 0 Å². The van der Waals surface area contributed by atoms with Crippen molar-refractivity contribution in [1.29, 1.82) is 0 Å². The lowest BCUT2D eigenvalue weighted by atomic mass is 10.2.